The van der Waals surface area contributed by atoms with Gasteiger partial charge in [-0.1, -0.05) is 13.0 Å². The van der Waals surface area contributed by atoms with Crippen LogP contribution in [0.5, 0.6) is 11.5 Å². The SMILES string of the molecule is CCc1nnc(COc2ccc(C(C)O)cc2OC)o1. The largest absolute Gasteiger partial charge is 0.493 e. The van der Waals surface area contributed by atoms with Crippen LogP contribution in [0.15, 0.2) is 22.6 Å². The number of aryl methyl sites for hydroxylation is 1. The lowest BCUT2D eigenvalue weighted by Crippen LogP contribution is -1.99. The summed E-state index contributed by atoms with van der Waals surface area (Å²) >= 11 is 0. The van der Waals surface area contributed by atoms with Crippen molar-refractivity contribution in [3.63, 3.8) is 0 Å². The first kappa shape index (κ1) is 14.3. The Morgan fingerprint density at radius 2 is 2.00 bits per heavy atom. The first-order valence-electron chi connectivity index (χ1n) is 6.44. The van der Waals surface area contributed by atoms with Crippen LogP contribution in [0, 0.1) is 0 Å². The van der Waals surface area contributed by atoms with E-state index in [1.807, 2.05) is 6.92 Å². The number of hydrogen-bond donors (Lipinski definition) is 1. The molecule has 0 radical (unpaired) electrons. The van der Waals surface area contributed by atoms with E-state index in [0.717, 1.165) is 5.56 Å². The minimum atomic E-state index is -0.555. The van der Waals surface area contributed by atoms with Crippen LogP contribution in [-0.4, -0.2) is 22.4 Å². The molecule has 0 aliphatic rings. The number of rotatable bonds is 6. The van der Waals surface area contributed by atoms with Gasteiger partial charge in [-0.15, -0.1) is 10.2 Å². The lowest BCUT2D eigenvalue weighted by molar-refractivity contribution is 0.198. The summed E-state index contributed by atoms with van der Waals surface area (Å²) in [5.74, 6) is 2.12. The maximum absolute atomic E-state index is 9.54. The molecule has 0 bridgehead atoms. The molecule has 0 amide bonds. The van der Waals surface area contributed by atoms with E-state index in [1.165, 1.54) is 0 Å². The highest BCUT2D eigenvalue weighted by Gasteiger charge is 2.11. The molecule has 108 valence electrons. The first-order valence-corrected chi connectivity index (χ1v) is 6.44. The first-order chi connectivity index (χ1) is 9.63. The standard InChI is InChI=1S/C14H18N2O4/c1-4-13-15-16-14(20-13)8-19-11-6-5-10(9(2)17)7-12(11)18-3/h5-7,9,17H,4,8H2,1-3H3. The number of nitrogens with zero attached hydrogens (tertiary/aromatic N) is 2. The molecule has 6 heteroatoms. The average Bonchev–Trinajstić information content (AvgIpc) is 2.92. The van der Waals surface area contributed by atoms with E-state index in [1.54, 1.807) is 32.2 Å². The molecule has 1 aromatic carbocycles. The molecule has 0 aliphatic carbocycles. The second kappa shape index (κ2) is 6.38. The summed E-state index contributed by atoms with van der Waals surface area (Å²) < 4.78 is 16.2. The molecule has 1 unspecified atom stereocenters. The van der Waals surface area contributed by atoms with Crippen LogP contribution in [-0.2, 0) is 13.0 Å². The predicted octanol–water partition coefficient (Wildman–Crippen LogP) is 2.27. The summed E-state index contributed by atoms with van der Waals surface area (Å²) in [7, 11) is 1.55. The van der Waals surface area contributed by atoms with E-state index in [2.05, 4.69) is 10.2 Å². The van der Waals surface area contributed by atoms with Crippen LogP contribution in [0.2, 0.25) is 0 Å². The summed E-state index contributed by atoms with van der Waals surface area (Å²) in [4.78, 5) is 0. The lowest BCUT2D eigenvalue weighted by Gasteiger charge is -2.12. The molecule has 1 atom stereocenters. The summed E-state index contributed by atoms with van der Waals surface area (Å²) in [5, 5.41) is 17.3. The Kier molecular flexibility index (Phi) is 4.57. The molecule has 1 aromatic heterocycles. The van der Waals surface area contributed by atoms with E-state index >= 15 is 0 Å². The minimum Gasteiger partial charge on any atom is -0.493 e. The van der Waals surface area contributed by atoms with E-state index in [9.17, 15) is 5.11 Å². The molecule has 0 fully saturated rings. The minimum absolute atomic E-state index is 0.178. The van der Waals surface area contributed by atoms with Crippen molar-refractivity contribution in [2.45, 2.75) is 33.0 Å². The van der Waals surface area contributed by atoms with Gasteiger partial charge in [0.25, 0.3) is 5.89 Å². The van der Waals surface area contributed by atoms with Gasteiger partial charge in [-0.05, 0) is 24.6 Å². The third-order valence-electron chi connectivity index (χ3n) is 2.83. The zero-order valence-corrected chi connectivity index (χ0v) is 11.8. The van der Waals surface area contributed by atoms with Crippen molar-refractivity contribution in [3.05, 3.63) is 35.5 Å². The molecule has 20 heavy (non-hydrogen) atoms. The Bertz CT molecular complexity index is 566. The fourth-order valence-corrected chi connectivity index (χ4v) is 1.69. The molecule has 0 aliphatic heterocycles. The van der Waals surface area contributed by atoms with E-state index in [0.29, 0.717) is 29.7 Å². The maximum atomic E-state index is 9.54. The predicted molar refractivity (Wildman–Crippen MR) is 71.6 cm³/mol. The molecule has 0 spiro atoms. The number of aromatic nitrogens is 2. The molecular formula is C14H18N2O4. The van der Waals surface area contributed by atoms with Crippen molar-refractivity contribution in [1.82, 2.24) is 10.2 Å². The molecule has 0 saturated heterocycles. The highest BCUT2D eigenvalue weighted by molar-refractivity contribution is 5.43. The van der Waals surface area contributed by atoms with Crippen molar-refractivity contribution >= 4 is 0 Å². The number of benzene rings is 1. The zero-order valence-electron chi connectivity index (χ0n) is 11.8. The summed E-state index contributed by atoms with van der Waals surface area (Å²) in [6.07, 6.45) is 0.139. The van der Waals surface area contributed by atoms with E-state index in [-0.39, 0.29) is 6.61 Å². The monoisotopic (exact) mass is 278 g/mol. The second-order valence-electron chi connectivity index (χ2n) is 4.32. The fraction of sp³-hybridized carbons (Fsp3) is 0.429. The maximum Gasteiger partial charge on any atom is 0.253 e. The van der Waals surface area contributed by atoms with E-state index in [4.69, 9.17) is 13.9 Å². The highest BCUT2D eigenvalue weighted by Crippen LogP contribution is 2.30. The third-order valence-corrected chi connectivity index (χ3v) is 2.83. The molecule has 1 N–H and O–H groups in total. The number of hydrogen-bond acceptors (Lipinski definition) is 6. The van der Waals surface area contributed by atoms with Crippen LogP contribution >= 0.6 is 0 Å². The topological polar surface area (TPSA) is 77.6 Å². The Balaban J connectivity index is 2.08. The summed E-state index contributed by atoms with van der Waals surface area (Å²) in [6.45, 7) is 3.81. The Morgan fingerprint density at radius 3 is 2.60 bits per heavy atom. The van der Waals surface area contributed by atoms with Gasteiger partial charge in [-0.3, -0.25) is 0 Å². The number of ether oxygens (including phenoxy) is 2. The number of aliphatic hydroxyl groups excluding tert-OH is 1. The van der Waals surface area contributed by atoms with Crippen molar-refractivity contribution in [2.75, 3.05) is 7.11 Å². The van der Waals surface area contributed by atoms with Gasteiger partial charge in [0, 0.05) is 6.42 Å². The van der Waals surface area contributed by atoms with Crippen LogP contribution in [0.3, 0.4) is 0 Å². The molecular weight excluding hydrogens is 260 g/mol. The molecule has 1 heterocycles. The van der Waals surface area contributed by atoms with Crippen molar-refractivity contribution in [2.24, 2.45) is 0 Å². The smallest absolute Gasteiger partial charge is 0.253 e. The van der Waals surface area contributed by atoms with Crippen LogP contribution in [0.4, 0.5) is 0 Å². The van der Waals surface area contributed by atoms with Crippen molar-refractivity contribution in [3.8, 4) is 11.5 Å². The van der Waals surface area contributed by atoms with Crippen LogP contribution in [0.25, 0.3) is 0 Å². The number of methoxy groups -OCH3 is 1. The van der Waals surface area contributed by atoms with Crippen LogP contribution in [0.1, 0.15) is 37.3 Å². The van der Waals surface area contributed by atoms with Crippen LogP contribution < -0.4 is 9.47 Å². The summed E-state index contributed by atoms with van der Waals surface area (Å²) in [6, 6.07) is 5.27. The van der Waals surface area contributed by atoms with Gasteiger partial charge >= 0.3 is 0 Å². The second-order valence-corrected chi connectivity index (χ2v) is 4.32. The molecule has 6 nitrogen and oxygen atoms in total. The summed E-state index contributed by atoms with van der Waals surface area (Å²) in [5.41, 5.74) is 0.764. The number of aliphatic hydroxyl groups is 1. The normalized spacial score (nSPS) is 12.2. The molecule has 0 saturated carbocycles. The Labute approximate surface area is 117 Å². The van der Waals surface area contributed by atoms with Gasteiger partial charge in [0.2, 0.25) is 5.89 Å². The third kappa shape index (κ3) is 3.27. The Hall–Kier alpha value is -2.08. The van der Waals surface area contributed by atoms with Gasteiger partial charge in [-0.2, -0.15) is 0 Å². The van der Waals surface area contributed by atoms with Crippen molar-refractivity contribution < 1.29 is 19.0 Å². The van der Waals surface area contributed by atoms with Crippen molar-refractivity contribution in [1.29, 1.82) is 0 Å². The Morgan fingerprint density at radius 1 is 1.25 bits per heavy atom. The average molecular weight is 278 g/mol. The van der Waals surface area contributed by atoms with Gasteiger partial charge in [0.05, 0.1) is 13.2 Å². The van der Waals surface area contributed by atoms with Gasteiger partial charge in [0.15, 0.2) is 18.1 Å². The van der Waals surface area contributed by atoms with Gasteiger partial charge in [0.1, 0.15) is 0 Å². The highest BCUT2D eigenvalue weighted by atomic mass is 16.5. The fourth-order valence-electron chi connectivity index (χ4n) is 1.69. The van der Waals surface area contributed by atoms with Gasteiger partial charge in [-0.25, -0.2) is 0 Å². The van der Waals surface area contributed by atoms with Gasteiger partial charge < -0.3 is 19.0 Å². The zero-order chi connectivity index (χ0) is 14.5. The van der Waals surface area contributed by atoms with E-state index < -0.39 is 6.10 Å². The lowest BCUT2D eigenvalue weighted by atomic mass is 10.1. The quantitative estimate of drug-likeness (QED) is 0.873. The molecule has 2 aromatic rings. The molecule has 2 rings (SSSR count).